The Morgan fingerprint density at radius 1 is 0.971 bits per heavy atom. The number of non-ortho nitro benzene ring substituents is 1. The van der Waals surface area contributed by atoms with Crippen LogP contribution in [0, 0.1) is 17.0 Å². The van der Waals surface area contributed by atoms with Crippen LogP contribution >= 0.6 is 0 Å². The Bertz CT molecular complexity index is 1230. The number of hydrogen-bond donors (Lipinski definition) is 4. The van der Waals surface area contributed by atoms with Crippen LogP contribution in [0.1, 0.15) is 22.7 Å². The molecule has 0 radical (unpaired) electrons. The maximum Gasteiger partial charge on any atom is 0.330 e. The van der Waals surface area contributed by atoms with E-state index >= 15 is 0 Å². The third-order valence-corrected chi connectivity index (χ3v) is 4.88. The lowest BCUT2D eigenvalue weighted by molar-refractivity contribution is -0.384. The molecule has 0 fully saturated rings. The number of aliphatic carboxylic acids is 1. The number of nitro benzene ring substituents is 1. The number of rotatable bonds is 8. The summed E-state index contributed by atoms with van der Waals surface area (Å²) in [6.07, 6.45) is -0.197. The molecule has 0 aliphatic carbocycles. The highest BCUT2D eigenvalue weighted by Gasteiger charge is 2.23. The number of nitro groups is 1. The van der Waals surface area contributed by atoms with Gasteiger partial charge in [0.2, 0.25) is 5.91 Å². The predicted octanol–water partition coefficient (Wildman–Crippen LogP) is 4.03. The molecule has 0 aliphatic heterocycles. The Balaban J connectivity index is 1.68. The molecule has 174 valence electrons. The SMILES string of the molecule is Cc1cccc(NC(=O)Nc2ccccc2CC(=O)N[C@H](C(=O)O)c2ccc([N+](=O)[O-])cc2)c1. The van der Waals surface area contributed by atoms with Crippen molar-refractivity contribution < 1.29 is 24.4 Å². The minimum atomic E-state index is -1.39. The van der Waals surface area contributed by atoms with Gasteiger partial charge in [0.05, 0.1) is 11.3 Å². The Morgan fingerprint density at radius 2 is 1.68 bits per heavy atom. The number of carboxylic acids is 1. The molecule has 0 spiro atoms. The third-order valence-electron chi connectivity index (χ3n) is 4.88. The summed E-state index contributed by atoms with van der Waals surface area (Å²) in [5.74, 6) is -1.91. The standard InChI is InChI=1S/C24H22N4O6/c1-15-5-4-7-18(13-15)25-24(32)26-20-8-3-2-6-17(20)14-21(29)27-22(23(30)31)16-9-11-19(12-10-16)28(33)34/h2-13,22H,14H2,1H3,(H,27,29)(H,30,31)(H2,25,26,32)/t22-/m0/s1. The number of nitrogens with zero attached hydrogens (tertiary/aromatic N) is 1. The van der Waals surface area contributed by atoms with E-state index in [4.69, 9.17) is 0 Å². The Kier molecular flexibility index (Phi) is 7.55. The summed E-state index contributed by atoms with van der Waals surface area (Å²) in [4.78, 5) is 47.0. The summed E-state index contributed by atoms with van der Waals surface area (Å²) >= 11 is 0. The molecule has 0 saturated carbocycles. The summed E-state index contributed by atoms with van der Waals surface area (Å²) in [7, 11) is 0. The number of para-hydroxylation sites is 1. The first-order chi connectivity index (χ1) is 16.2. The zero-order valence-electron chi connectivity index (χ0n) is 18.1. The van der Waals surface area contributed by atoms with Crippen LogP contribution in [-0.4, -0.2) is 27.9 Å². The second-order valence-electron chi connectivity index (χ2n) is 7.47. The molecular weight excluding hydrogens is 440 g/mol. The van der Waals surface area contributed by atoms with Crippen LogP contribution in [0.4, 0.5) is 21.9 Å². The summed E-state index contributed by atoms with van der Waals surface area (Å²) in [6, 6.07) is 16.9. The molecule has 3 aromatic carbocycles. The fourth-order valence-electron chi connectivity index (χ4n) is 3.27. The van der Waals surface area contributed by atoms with Crippen molar-refractivity contribution in [1.29, 1.82) is 0 Å². The number of aryl methyl sites for hydroxylation is 1. The van der Waals surface area contributed by atoms with Gasteiger partial charge in [0, 0.05) is 23.5 Å². The van der Waals surface area contributed by atoms with Gasteiger partial charge in [0.15, 0.2) is 6.04 Å². The van der Waals surface area contributed by atoms with Gasteiger partial charge in [0.1, 0.15) is 0 Å². The number of carbonyl (C=O) groups is 3. The van der Waals surface area contributed by atoms with Gasteiger partial charge >= 0.3 is 12.0 Å². The first-order valence-corrected chi connectivity index (χ1v) is 10.2. The first-order valence-electron chi connectivity index (χ1n) is 10.2. The van der Waals surface area contributed by atoms with E-state index < -0.39 is 28.9 Å². The fraction of sp³-hybridized carbons (Fsp3) is 0.125. The highest BCUT2D eigenvalue weighted by atomic mass is 16.6. The van der Waals surface area contributed by atoms with Gasteiger partial charge in [-0.15, -0.1) is 0 Å². The van der Waals surface area contributed by atoms with E-state index in [-0.39, 0.29) is 17.7 Å². The number of carbonyl (C=O) groups excluding carboxylic acids is 2. The zero-order valence-corrected chi connectivity index (χ0v) is 18.1. The molecule has 3 aromatic rings. The average molecular weight is 462 g/mol. The van der Waals surface area contributed by atoms with Crippen molar-refractivity contribution >= 4 is 35.0 Å². The van der Waals surface area contributed by atoms with Crippen molar-refractivity contribution in [2.24, 2.45) is 0 Å². The zero-order chi connectivity index (χ0) is 24.7. The van der Waals surface area contributed by atoms with Crippen molar-refractivity contribution in [3.8, 4) is 0 Å². The lowest BCUT2D eigenvalue weighted by Gasteiger charge is -2.16. The highest BCUT2D eigenvalue weighted by molar-refractivity contribution is 6.00. The van der Waals surface area contributed by atoms with Crippen molar-refractivity contribution in [3.63, 3.8) is 0 Å². The van der Waals surface area contributed by atoms with Gasteiger partial charge in [-0.05, 0) is 53.9 Å². The minimum Gasteiger partial charge on any atom is -0.479 e. The molecule has 3 amide bonds. The van der Waals surface area contributed by atoms with Crippen molar-refractivity contribution in [2.75, 3.05) is 10.6 Å². The lowest BCUT2D eigenvalue weighted by Crippen LogP contribution is -2.35. The number of hydrogen-bond acceptors (Lipinski definition) is 5. The second kappa shape index (κ2) is 10.7. The predicted molar refractivity (Wildman–Crippen MR) is 126 cm³/mol. The summed E-state index contributed by atoms with van der Waals surface area (Å²) < 4.78 is 0. The molecule has 0 saturated heterocycles. The van der Waals surface area contributed by atoms with Crippen LogP contribution in [0.5, 0.6) is 0 Å². The van der Waals surface area contributed by atoms with Crippen molar-refractivity contribution in [3.05, 3.63) is 99.6 Å². The van der Waals surface area contributed by atoms with Gasteiger partial charge in [-0.1, -0.05) is 30.3 Å². The molecule has 0 heterocycles. The molecule has 0 aromatic heterocycles. The number of amides is 3. The van der Waals surface area contributed by atoms with E-state index in [1.807, 2.05) is 25.1 Å². The van der Waals surface area contributed by atoms with E-state index in [0.29, 0.717) is 16.9 Å². The normalized spacial score (nSPS) is 11.2. The highest BCUT2D eigenvalue weighted by Crippen LogP contribution is 2.20. The number of carboxylic acid groups (broad SMARTS) is 1. The first kappa shape index (κ1) is 23.9. The largest absolute Gasteiger partial charge is 0.479 e. The number of urea groups is 1. The minimum absolute atomic E-state index is 0.190. The molecule has 34 heavy (non-hydrogen) atoms. The van der Waals surface area contributed by atoms with Gasteiger partial charge in [-0.2, -0.15) is 0 Å². The Labute approximate surface area is 194 Å². The number of benzene rings is 3. The van der Waals surface area contributed by atoms with Gasteiger partial charge in [0.25, 0.3) is 5.69 Å². The topological polar surface area (TPSA) is 151 Å². The molecule has 1 atom stereocenters. The van der Waals surface area contributed by atoms with Gasteiger partial charge in [-0.3, -0.25) is 14.9 Å². The second-order valence-corrected chi connectivity index (χ2v) is 7.47. The van der Waals surface area contributed by atoms with Crippen molar-refractivity contribution in [2.45, 2.75) is 19.4 Å². The molecule has 3 rings (SSSR count). The molecule has 10 heteroatoms. The van der Waals surface area contributed by atoms with E-state index in [1.165, 1.54) is 24.3 Å². The van der Waals surface area contributed by atoms with E-state index in [9.17, 15) is 29.6 Å². The molecular formula is C24H22N4O6. The lowest BCUT2D eigenvalue weighted by atomic mass is 10.0. The number of nitrogens with one attached hydrogen (secondary N) is 3. The molecule has 0 unspecified atom stereocenters. The van der Waals surface area contributed by atoms with E-state index in [0.717, 1.165) is 5.56 Å². The summed E-state index contributed by atoms with van der Waals surface area (Å²) in [6.45, 7) is 1.90. The van der Waals surface area contributed by atoms with Crippen LogP contribution in [0.3, 0.4) is 0 Å². The quantitative estimate of drug-likeness (QED) is 0.293. The molecule has 0 bridgehead atoms. The van der Waals surface area contributed by atoms with Gasteiger partial charge < -0.3 is 21.1 Å². The van der Waals surface area contributed by atoms with Crippen LogP contribution in [-0.2, 0) is 16.0 Å². The van der Waals surface area contributed by atoms with Crippen LogP contribution in [0.25, 0.3) is 0 Å². The van der Waals surface area contributed by atoms with Crippen molar-refractivity contribution in [1.82, 2.24) is 5.32 Å². The van der Waals surface area contributed by atoms with Crippen LogP contribution < -0.4 is 16.0 Å². The van der Waals surface area contributed by atoms with Crippen LogP contribution in [0.15, 0.2) is 72.8 Å². The molecule has 4 N–H and O–H groups in total. The maximum absolute atomic E-state index is 12.6. The fourth-order valence-corrected chi connectivity index (χ4v) is 3.27. The smallest absolute Gasteiger partial charge is 0.330 e. The van der Waals surface area contributed by atoms with Crippen LogP contribution in [0.2, 0.25) is 0 Å². The maximum atomic E-state index is 12.6. The average Bonchev–Trinajstić information content (AvgIpc) is 2.78. The molecule has 0 aliphatic rings. The summed E-state index contributed by atoms with van der Waals surface area (Å²) in [5.41, 5.74) is 2.46. The van der Waals surface area contributed by atoms with E-state index in [1.54, 1.807) is 30.3 Å². The summed E-state index contributed by atoms with van der Waals surface area (Å²) in [5, 5.41) is 28.2. The van der Waals surface area contributed by atoms with E-state index in [2.05, 4.69) is 16.0 Å². The van der Waals surface area contributed by atoms with Gasteiger partial charge in [-0.25, -0.2) is 9.59 Å². The Hall–Kier alpha value is -4.73. The Morgan fingerprint density at radius 3 is 2.32 bits per heavy atom. The monoisotopic (exact) mass is 462 g/mol. The number of anilines is 2. The third kappa shape index (κ3) is 6.39. The molecule has 10 nitrogen and oxygen atoms in total.